The lowest BCUT2D eigenvalue weighted by Gasteiger charge is -2.00. The maximum absolute atomic E-state index is 11.8. The highest BCUT2D eigenvalue weighted by atomic mass is 35.5. The molecule has 0 unspecified atom stereocenters. The number of anilines is 1. The van der Waals surface area contributed by atoms with E-state index in [9.17, 15) is 4.79 Å². The Morgan fingerprint density at radius 1 is 1.50 bits per heavy atom. The first-order valence-electron chi connectivity index (χ1n) is 5.40. The molecule has 0 saturated carbocycles. The molecule has 2 aromatic heterocycles. The summed E-state index contributed by atoms with van der Waals surface area (Å²) in [5.41, 5.74) is 0. The first kappa shape index (κ1) is 12.4. The topological polar surface area (TPSA) is 96.5 Å². The van der Waals surface area contributed by atoms with Crippen LogP contribution in [0.3, 0.4) is 0 Å². The summed E-state index contributed by atoms with van der Waals surface area (Å²) in [6.45, 7) is 2.02. The third-order valence-electron chi connectivity index (χ3n) is 2.09. The molecule has 0 fully saturated rings. The largest absolute Gasteiger partial charge is 0.304 e. The number of nitrogens with one attached hydrogen (secondary N) is 2. The number of nitrogens with zero attached hydrogens (tertiary/aromatic N) is 4. The number of aromatic amines is 1. The van der Waals surface area contributed by atoms with Gasteiger partial charge < -0.3 is 5.32 Å². The van der Waals surface area contributed by atoms with Crippen molar-refractivity contribution in [3.05, 3.63) is 29.2 Å². The number of H-pyrrole nitrogens is 1. The van der Waals surface area contributed by atoms with Gasteiger partial charge in [-0.15, -0.1) is 5.10 Å². The molecular weight excluding hydrogens is 256 g/mol. The standard InChI is InChI=1S/C10H11ClN6O/c1-2-3-7-13-8(17-16-7)9(18)14-6-4-5-12-10(11)15-6/h4-5H,2-3H2,1H3,(H,13,16,17)(H,12,14,15,18). The number of carbonyl (C=O) groups excluding carboxylic acids is 1. The molecule has 0 aliphatic carbocycles. The Balaban J connectivity index is 2.07. The van der Waals surface area contributed by atoms with Crippen molar-refractivity contribution in [1.29, 1.82) is 0 Å². The molecule has 18 heavy (non-hydrogen) atoms. The van der Waals surface area contributed by atoms with Crippen molar-refractivity contribution in [3.63, 3.8) is 0 Å². The fourth-order valence-corrected chi connectivity index (χ4v) is 1.47. The van der Waals surface area contributed by atoms with E-state index in [0.29, 0.717) is 11.6 Å². The van der Waals surface area contributed by atoms with E-state index < -0.39 is 5.91 Å². The van der Waals surface area contributed by atoms with Gasteiger partial charge in [-0.3, -0.25) is 9.89 Å². The predicted molar refractivity (Wildman–Crippen MR) is 65.4 cm³/mol. The average Bonchev–Trinajstić information content (AvgIpc) is 2.78. The van der Waals surface area contributed by atoms with E-state index in [1.807, 2.05) is 6.92 Å². The minimum Gasteiger partial charge on any atom is -0.304 e. The Morgan fingerprint density at radius 3 is 3.06 bits per heavy atom. The number of hydrogen-bond acceptors (Lipinski definition) is 5. The Morgan fingerprint density at radius 2 is 2.33 bits per heavy atom. The van der Waals surface area contributed by atoms with Gasteiger partial charge >= 0.3 is 0 Å². The summed E-state index contributed by atoms with van der Waals surface area (Å²) in [4.78, 5) is 23.4. The van der Waals surface area contributed by atoms with E-state index in [1.54, 1.807) is 0 Å². The molecule has 0 spiro atoms. The number of rotatable bonds is 4. The second kappa shape index (κ2) is 5.54. The molecule has 0 bridgehead atoms. The molecule has 0 aliphatic rings. The highest BCUT2D eigenvalue weighted by Crippen LogP contribution is 2.07. The highest BCUT2D eigenvalue weighted by Gasteiger charge is 2.13. The molecule has 2 rings (SSSR count). The monoisotopic (exact) mass is 266 g/mol. The number of hydrogen-bond donors (Lipinski definition) is 2. The molecule has 1 amide bonds. The Labute approximate surface area is 108 Å². The number of amides is 1. The fourth-order valence-electron chi connectivity index (χ4n) is 1.32. The van der Waals surface area contributed by atoms with Crippen molar-refractivity contribution in [1.82, 2.24) is 25.1 Å². The van der Waals surface area contributed by atoms with Gasteiger partial charge in [0.05, 0.1) is 0 Å². The quantitative estimate of drug-likeness (QED) is 0.817. The van der Waals surface area contributed by atoms with Crippen LogP contribution in [0.1, 0.15) is 29.8 Å². The molecule has 0 atom stereocenters. The van der Waals surface area contributed by atoms with Gasteiger partial charge in [0.2, 0.25) is 11.1 Å². The van der Waals surface area contributed by atoms with Gasteiger partial charge in [-0.1, -0.05) is 6.92 Å². The third kappa shape index (κ3) is 3.01. The zero-order chi connectivity index (χ0) is 13.0. The molecular formula is C10H11ClN6O. The molecule has 0 saturated heterocycles. The molecule has 2 heterocycles. The fraction of sp³-hybridized carbons (Fsp3) is 0.300. The minimum absolute atomic E-state index is 0.0643. The van der Waals surface area contributed by atoms with Crippen molar-refractivity contribution < 1.29 is 4.79 Å². The summed E-state index contributed by atoms with van der Waals surface area (Å²) >= 11 is 5.61. The number of aryl methyl sites for hydroxylation is 1. The minimum atomic E-state index is -0.441. The van der Waals surface area contributed by atoms with E-state index in [-0.39, 0.29) is 11.1 Å². The van der Waals surface area contributed by atoms with Gasteiger partial charge in [-0.05, 0) is 24.1 Å². The van der Waals surface area contributed by atoms with Crippen LogP contribution in [0.5, 0.6) is 0 Å². The Kier molecular flexibility index (Phi) is 3.83. The van der Waals surface area contributed by atoms with Crippen LogP contribution in [-0.4, -0.2) is 31.1 Å². The molecule has 2 aromatic rings. The van der Waals surface area contributed by atoms with Crippen molar-refractivity contribution in [3.8, 4) is 0 Å². The van der Waals surface area contributed by atoms with Crippen LogP contribution >= 0.6 is 11.6 Å². The molecule has 94 valence electrons. The molecule has 0 aromatic carbocycles. The normalized spacial score (nSPS) is 10.3. The van der Waals surface area contributed by atoms with Gasteiger partial charge in [0.15, 0.2) is 0 Å². The van der Waals surface area contributed by atoms with Crippen molar-refractivity contribution in [2.24, 2.45) is 0 Å². The Hall–Kier alpha value is -2.02. The van der Waals surface area contributed by atoms with E-state index in [2.05, 4.69) is 30.5 Å². The maximum atomic E-state index is 11.8. The molecule has 0 radical (unpaired) electrons. The second-order valence-corrected chi connectivity index (χ2v) is 3.86. The molecule has 8 heteroatoms. The SMILES string of the molecule is CCCc1nc(C(=O)Nc2ccnc(Cl)n2)n[nH]1. The summed E-state index contributed by atoms with van der Waals surface area (Å²) in [6.07, 6.45) is 3.13. The van der Waals surface area contributed by atoms with Gasteiger partial charge in [0.25, 0.3) is 5.91 Å². The first-order chi connectivity index (χ1) is 8.69. The van der Waals surface area contributed by atoms with E-state index in [4.69, 9.17) is 11.6 Å². The lowest BCUT2D eigenvalue weighted by atomic mass is 10.3. The zero-order valence-corrected chi connectivity index (χ0v) is 10.4. The summed E-state index contributed by atoms with van der Waals surface area (Å²) in [5.74, 6) is 0.627. The second-order valence-electron chi connectivity index (χ2n) is 3.52. The highest BCUT2D eigenvalue weighted by molar-refractivity contribution is 6.28. The molecule has 0 aliphatic heterocycles. The third-order valence-corrected chi connectivity index (χ3v) is 2.27. The summed E-state index contributed by atoms with van der Waals surface area (Å²) in [6, 6.07) is 1.53. The van der Waals surface area contributed by atoms with E-state index in [0.717, 1.165) is 12.8 Å². The van der Waals surface area contributed by atoms with E-state index in [1.165, 1.54) is 12.3 Å². The van der Waals surface area contributed by atoms with Crippen molar-refractivity contribution in [2.45, 2.75) is 19.8 Å². The average molecular weight is 267 g/mol. The van der Waals surface area contributed by atoms with Gasteiger partial charge in [-0.25, -0.2) is 15.0 Å². The van der Waals surface area contributed by atoms with E-state index >= 15 is 0 Å². The van der Waals surface area contributed by atoms with Crippen molar-refractivity contribution >= 4 is 23.3 Å². The van der Waals surface area contributed by atoms with Crippen LogP contribution in [0.2, 0.25) is 5.28 Å². The van der Waals surface area contributed by atoms with Crippen LogP contribution in [0.4, 0.5) is 5.82 Å². The van der Waals surface area contributed by atoms with Gasteiger partial charge in [0.1, 0.15) is 11.6 Å². The van der Waals surface area contributed by atoms with Crippen LogP contribution < -0.4 is 5.32 Å². The molecule has 7 nitrogen and oxygen atoms in total. The first-order valence-corrected chi connectivity index (χ1v) is 5.78. The zero-order valence-electron chi connectivity index (χ0n) is 9.64. The number of aromatic nitrogens is 5. The van der Waals surface area contributed by atoms with Crippen molar-refractivity contribution in [2.75, 3.05) is 5.32 Å². The number of halogens is 1. The Bertz CT molecular complexity index is 555. The van der Waals surface area contributed by atoms with Crippen LogP contribution in [0.15, 0.2) is 12.3 Å². The van der Waals surface area contributed by atoms with Gasteiger partial charge in [-0.2, -0.15) is 0 Å². The lowest BCUT2D eigenvalue weighted by molar-refractivity contribution is 0.101. The smallest absolute Gasteiger partial charge is 0.296 e. The number of carbonyl (C=O) groups is 1. The summed E-state index contributed by atoms with van der Waals surface area (Å²) in [7, 11) is 0. The van der Waals surface area contributed by atoms with Crippen LogP contribution in [-0.2, 0) is 6.42 Å². The maximum Gasteiger partial charge on any atom is 0.296 e. The lowest BCUT2D eigenvalue weighted by Crippen LogP contribution is -2.15. The van der Waals surface area contributed by atoms with Crippen LogP contribution in [0.25, 0.3) is 0 Å². The summed E-state index contributed by atoms with van der Waals surface area (Å²) < 4.78 is 0. The van der Waals surface area contributed by atoms with Crippen LogP contribution in [0, 0.1) is 0 Å². The summed E-state index contributed by atoms with van der Waals surface area (Å²) in [5, 5.41) is 9.13. The molecule has 2 N–H and O–H groups in total. The van der Waals surface area contributed by atoms with Gasteiger partial charge in [0, 0.05) is 12.6 Å². The predicted octanol–water partition coefficient (Wildman–Crippen LogP) is 1.45.